The molecular weight excluding hydrogens is 316 g/mol. The predicted octanol–water partition coefficient (Wildman–Crippen LogP) is 3.23. The first-order chi connectivity index (χ1) is 11.7. The van der Waals surface area contributed by atoms with Gasteiger partial charge in [0.25, 0.3) is 0 Å². The summed E-state index contributed by atoms with van der Waals surface area (Å²) >= 11 is 0. The summed E-state index contributed by atoms with van der Waals surface area (Å²) in [5, 5.41) is 6.70. The Morgan fingerprint density at radius 2 is 1.88 bits per heavy atom. The molecule has 25 heavy (non-hydrogen) atoms. The number of aliphatic imine (C=N–C) groups is 1. The van der Waals surface area contributed by atoms with Crippen LogP contribution in [0.3, 0.4) is 0 Å². The fourth-order valence-corrected chi connectivity index (χ4v) is 2.67. The third-order valence-electron chi connectivity index (χ3n) is 4.13. The van der Waals surface area contributed by atoms with Gasteiger partial charge in [-0.3, -0.25) is 4.99 Å². The number of likely N-dealkylation sites (tertiary alicyclic amines) is 1. The van der Waals surface area contributed by atoms with Crippen LogP contribution in [-0.4, -0.2) is 55.3 Å². The number of amides is 1. The number of ether oxygens (including phenoxy) is 1. The first-order valence-electron chi connectivity index (χ1n) is 9.71. The maximum Gasteiger partial charge on any atom is 0.410 e. The third kappa shape index (κ3) is 9.56. The number of piperidine rings is 1. The normalized spacial score (nSPS) is 16.9. The average Bonchev–Trinajstić information content (AvgIpc) is 2.51. The summed E-state index contributed by atoms with van der Waals surface area (Å²) in [4.78, 5) is 18.6. The molecule has 0 atom stereocenters. The summed E-state index contributed by atoms with van der Waals surface area (Å²) in [7, 11) is 0. The summed E-state index contributed by atoms with van der Waals surface area (Å²) in [6.07, 6.45) is 2.90. The maximum absolute atomic E-state index is 12.1. The van der Waals surface area contributed by atoms with E-state index >= 15 is 0 Å². The summed E-state index contributed by atoms with van der Waals surface area (Å²) < 4.78 is 5.45. The summed E-state index contributed by atoms with van der Waals surface area (Å²) in [6.45, 7) is 16.4. The van der Waals surface area contributed by atoms with Crippen LogP contribution in [0.15, 0.2) is 4.99 Å². The van der Waals surface area contributed by atoms with Crippen LogP contribution in [0.4, 0.5) is 4.79 Å². The Bertz CT molecular complexity index is 422. The van der Waals surface area contributed by atoms with Crippen LogP contribution in [0.25, 0.3) is 0 Å². The van der Waals surface area contributed by atoms with E-state index < -0.39 is 5.60 Å². The third-order valence-corrected chi connectivity index (χ3v) is 4.13. The average molecular weight is 355 g/mol. The molecule has 1 aliphatic rings. The SMILES string of the molecule is CCNC(=NCC1CCN(C(=O)OC(C)(C)C)CC1)NCCC(C)C. The Balaban J connectivity index is 2.39. The minimum Gasteiger partial charge on any atom is -0.444 e. The van der Waals surface area contributed by atoms with Gasteiger partial charge < -0.3 is 20.3 Å². The van der Waals surface area contributed by atoms with E-state index in [0.717, 1.165) is 57.9 Å². The molecule has 0 aliphatic carbocycles. The lowest BCUT2D eigenvalue weighted by molar-refractivity contribution is 0.0187. The Kier molecular flexibility index (Phi) is 9.08. The van der Waals surface area contributed by atoms with Crippen LogP contribution in [-0.2, 0) is 4.74 Å². The molecule has 1 rings (SSSR count). The second kappa shape index (κ2) is 10.5. The Morgan fingerprint density at radius 3 is 2.40 bits per heavy atom. The number of guanidine groups is 1. The van der Waals surface area contributed by atoms with Crippen molar-refractivity contribution in [3.8, 4) is 0 Å². The largest absolute Gasteiger partial charge is 0.444 e. The molecule has 0 saturated carbocycles. The van der Waals surface area contributed by atoms with E-state index in [9.17, 15) is 4.79 Å². The molecule has 6 nitrogen and oxygen atoms in total. The second-order valence-electron chi connectivity index (χ2n) is 8.24. The van der Waals surface area contributed by atoms with Crippen LogP contribution in [0.2, 0.25) is 0 Å². The van der Waals surface area contributed by atoms with Gasteiger partial charge in [0, 0.05) is 32.7 Å². The van der Waals surface area contributed by atoms with Crippen LogP contribution < -0.4 is 10.6 Å². The van der Waals surface area contributed by atoms with Crippen LogP contribution in [0.5, 0.6) is 0 Å². The zero-order chi connectivity index (χ0) is 18.9. The predicted molar refractivity (Wildman–Crippen MR) is 104 cm³/mol. The number of hydrogen-bond acceptors (Lipinski definition) is 3. The molecule has 1 fully saturated rings. The van der Waals surface area contributed by atoms with Crippen molar-refractivity contribution in [3.05, 3.63) is 0 Å². The summed E-state index contributed by atoms with van der Waals surface area (Å²) in [6, 6.07) is 0. The van der Waals surface area contributed by atoms with Gasteiger partial charge in [-0.15, -0.1) is 0 Å². The highest BCUT2D eigenvalue weighted by molar-refractivity contribution is 5.79. The number of rotatable bonds is 6. The number of carbonyl (C=O) groups excluding carboxylic acids is 1. The lowest BCUT2D eigenvalue weighted by atomic mass is 9.97. The topological polar surface area (TPSA) is 66.0 Å². The second-order valence-corrected chi connectivity index (χ2v) is 8.24. The highest BCUT2D eigenvalue weighted by Gasteiger charge is 2.26. The van der Waals surface area contributed by atoms with Crippen LogP contribution in [0, 0.1) is 11.8 Å². The molecule has 0 bridgehead atoms. The number of carbonyl (C=O) groups is 1. The van der Waals surface area contributed by atoms with Crippen molar-refractivity contribution in [3.63, 3.8) is 0 Å². The Morgan fingerprint density at radius 1 is 1.24 bits per heavy atom. The molecule has 0 spiro atoms. The minimum absolute atomic E-state index is 0.196. The molecule has 1 amide bonds. The van der Waals surface area contributed by atoms with Gasteiger partial charge in [-0.1, -0.05) is 13.8 Å². The molecule has 146 valence electrons. The molecular formula is C19H38N4O2. The fraction of sp³-hybridized carbons (Fsp3) is 0.895. The van der Waals surface area contributed by atoms with Crippen molar-refractivity contribution in [2.24, 2.45) is 16.8 Å². The molecule has 0 aromatic rings. The van der Waals surface area contributed by atoms with E-state index in [4.69, 9.17) is 9.73 Å². The maximum atomic E-state index is 12.1. The van der Waals surface area contributed by atoms with Gasteiger partial charge >= 0.3 is 6.09 Å². The molecule has 0 unspecified atom stereocenters. The molecule has 0 radical (unpaired) electrons. The Hall–Kier alpha value is -1.46. The van der Waals surface area contributed by atoms with E-state index in [0.29, 0.717) is 11.8 Å². The quantitative estimate of drug-likeness (QED) is 0.568. The fourth-order valence-electron chi connectivity index (χ4n) is 2.67. The number of nitrogens with zero attached hydrogens (tertiary/aromatic N) is 2. The van der Waals surface area contributed by atoms with Crippen LogP contribution in [0.1, 0.15) is 60.8 Å². The molecule has 0 aromatic heterocycles. The van der Waals surface area contributed by atoms with Crippen molar-refractivity contribution in [1.29, 1.82) is 0 Å². The lowest BCUT2D eigenvalue weighted by Gasteiger charge is -2.33. The summed E-state index contributed by atoms with van der Waals surface area (Å²) in [5.74, 6) is 2.12. The van der Waals surface area contributed by atoms with E-state index in [2.05, 4.69) is 31.4 Å². The standard InChI is InChI=1S/C19H38N4O2/c1-7-20-17(21-11-8-15(2)3)22-14-16-9-12-23(13-10-16)18(24)25-19(4,5)6/h15-16H,7-14H2,1-6H3,(H2,20,21,22). The Labute approximate surface area is 153 Å². The lowest BCUT2D eigenvalue weighted by Crippen LogP contribution is -2.42. The number of hydrogen-bond donors (Lipinski definition) is 2. The zero-order valence-corrected chi connectivity index (χ0v) is 17.0. The highest BCUT2D eigenvalue weighted by Crippen LogP contribution is 2.19. The summed E-state index contributed by atoms with van der Waals surface area (Å²) in [5.41, 5.74) is -0.430. The smallest absolute Gasteiger partial charge is 0.410 e. The van der Waals surface area contributed by atoms with E-state index in [1.54, 1.807) is 0 Å². The van der Waals surface area contributed by atoms with Gasteiger partial charge in [0.15, 0.2) is 5.96 Å². The van der Waals surface area contributed by atoms with Gasteiger partial charge in [-0.2, -0.15) is 0 Å². The van der Waals surface area contributed by atoms with Crippen molar-refractivity contribution in [2.75, 3.05) is 32.7 Å². The first kappa shape index (κ1) is 21.6. The van der Waals surface area contributed by atoms with Crippen LogP contribution >= 0.6 is 0 Å². The van der Waals surface area contributed by atoms with Gasteiger partial charge in [-0.05, 0) is 58.8 Å². The molecule has 6 heteroatoms. The van der Waals surface area contributed by atoms with Crippen molar-refractivity contribution in [2.45, 2.75) is 66.4 Å². The van der Waals surface area contributed by atoms with E-state index in [-0.39, 0.29) is 6.09 Å². The van der Waals surface area contributed by atoms with Crippen molar-refractivity contribution >= 4 is 12.1 Å². The van der Waals surface area contributed by atoms with Gasteiger partial charge in [0.05, 0.1) is 0 Å². The highest BCUT2D eigenvalue weighted by atomic mass is 16.6. The van der Waals surface area contributed by atoms with Gasteiger partial charge in [0.2, 0.25) is 0 Å². The first-order valence-corrected chi connectivity index (χ1v) is 9.71. The van der Waals surface area contributed by atoms with Gasteiger partial charge in [-0.25, -0.2) is 4.79 Å². The van der Waals surface area contributed by atoms with Crippen molar-refractivity contribution < 1.29 is 9.53 Å². The molecule has 1 aliphatic heterocycles. The molecule has 2 N–H and O–H groups in total. The minimum atomic E-state index is -0.430. The molecule has 1 heterocycles. The van der Waals surface area contributed by atoms with E-state index in [1.165, 1.54) is 0 Å². The van der Waals surface area contributed by atoms with E-state index in [1.807, 2.05) is 25.7 Å². The molecule has 1 saturated heterocycles. The van der Waals surface area contributed by atoms with Gasteiger partial charge in [0.1, 0.15) is 5.60 Å². The molecule has 0 aromatic carbocycles. The van der Waals surface area contributed by atoms with Crippen molar-refractivity contribution in [1.82, 2.24) is 15.5 Å². The monoisotopic (exact) mass is 354 g/mol. The number of nitrogens with one attached hydrogen (secondary N) is 2. The zero-order valence-electron chi connectivity index (χ0n) is 17.0.